The fraction of sp³-hybridized carbons (Fsp3) is 0.355. The molecule has 0 spiro atoms. The molecule has 1 saturated heterocycles. The van der Waals surface area contributed by atoms with E-state index in [-0.39, 0.29) is 17.5 Å². The highest BCUT2D eigenvalue weighted by Crippen LogP contribution is 2.39. The third-order valence-electron chi connectivity index (χ3n) is 7.67. The zero-order valence-corrected chi connectivity index (χ0v) is 23.3. The van der Waals surface area contributed by atoms with Crippen LogP contribution in [0.4, 0.5) is 17.1 Å². The van der Waals surface area contributed by atoms with Crippen LogP contribution in [0.3, 0.4) is 0 Å². The summed E-state index contributed by atoms with van der Waals surface area (Å²) in [6.45, 7) is 6.65. The first-order valence-corrected chi connectivity index (χ1v) is 14.3. The first kappa shape index (κ1) is 26.6. The Hall–Kier alpha value is -4.60. The van der Waals surface area contributed by atoms with Crippen LogP contribution >= 0.6 is 0 Å². The summed E-state index contributed by atoms with van der Waals surface area (Å²) in [6.07, 6.45) is 7.90. The molecule has 6 rings (SSSR count). The number of carbonyl (C=O) groups is 2. The summed E-state index contributed by atoms with van der Waals surface area (Å²) in [5.74, 6) is 0.398. The first-order valence-electron chi connectivity index (χ1n) is 14.3. The van der Waals surface area contributed by atoms with E-state index in [9.17, 15) is 9.59 Å². The van der Waals surface area contributed by atoms with E-state index >= 15 is 0 Å². The second kappa shape index (κ2) is 11.9. The maximum Gasteiger partial charge on any atom is 0.277 e. The molecule has 1 saturated carbocycles. The van der Waals surface area contributed by atoms with Crippen molar-refractivity contribution in [1.29, 1.82) is 0 Å². The summed E-state index contributed by atoms with van der Waals surface area (Å²) < 4.78 is 7.38. The maximum absolute atomic E-state index is 13.2. The van der Waals surface area contributed by atoms with Gasteiger partial charge in [-0.3, -0.25) is 14.3 Å². The predicted octanol–water partition coefficient (Wildman–Crippen LogP) is 4.46. The molecule has 2 aromatic carbocycles. The number of aromatic nitrogens is 3. The Balaban J connectivity index is 1.17. The van der Waals surface area contributed by atoms with Crippen LogP contribution in [-0.4, -0.2) is 59.3 Å². The van der Waals surface area contributed by atoms with Crippen molar-refractivity contribution in [3.05, 3.63) is 89.9 Å². The number of amides is 2. The van der Waals surface area contributed by atoms with Crippen molar-refractivity contribution in [3.63, 3.8) is 0 Å². The number of oxazole rings is 1. The highest BCUT2D eigenvalue weighted by Gasteiger charge is 2.30. The lowest BCUT2D eigenvalue weighted by atomic mass is 10.1. The lowest BCUT2D eigenvalue weighted by Crippen LogP contribution is -2.47. The van der Waals surface area contributed by atoms with Crippen molar-refractivity contribution in [2.75, 3.05) is 47.8 Å². The van der Waals surface area contributed by atoms with Gasteiger partial charge < -0.3 is 24.9 Å². The molecule has 2 aliphatic rings. The van der Waals surface area contributed by atoms with E-state index in [2.05, 4.69) is 61.7 Å². The molecule has 41 heavy (non-hydrogen) atoms. The van der Waals surface area contributed by atoms with E-state index < -0.39 is 0 Å². The Kier molecular flexibility index (Phi) is 7.71. The van der Waals surface area contributed by atoms with Crippen molar-refractivity contribution in [1.82, 2.24) is 20.1 Å². The molecule has 0 atom stereocenters. The fourth-order valence-electron chi connectivity index (χ4n) is 5.23. The average Bonchev–Trinajstić information content (AvgIpc) is 3.48. The van der Waals surface area contributed by atoms with Crippen LogP contribution < -0.4 is 20.4 Å². The van der Waals surface area contributed by atoms with E-state index in [0.29, 0.717) is 29.6 Å². The van der Waals surface area contributed by atoms with Crippen LogP contribution in [0.1, 0.15) is 57.5 Å². The minimum Gasteiger partial charge on any atom is -0.448 e. The summed E-state index contributed by atoms with van der Waals surface area (Å²) in [5, 5.41) is 10.2. The topological polar surface area (TPSA) is 109 Å². The third kappa shape index (κ3) is 6.26. The van der Waals surface area contributed by atoms with E-state index in [1.165, 1.54) is 17.5 Å². The van der Waals surface area contributed by atoms with Gasteiger partial charge in [-0.25, -0.2) is 4.98 Å². The molecule has 0 radical (unpaired) electrons. The van der Waals surface area contributed by atoms with Gasteiger partial charge in [-0.15, -0.1) is 0 Å². The monoisotopic (exact) mass is 553 g/mol. The number of carbonyl (C=O) groups excluding carboxylic acids is 2. The number of hydrogen-bond donors (Lipinski definition) is 2. The van der Waals surface area contributed by atoms with Gasteiger partial charge in [-0.1, -0.05) is 18.2 Å². The molecular formula is C31H35N7O3. The molecule has 2 N–H and O–H groups in total. The van der Waals surface area contributed by atoms with Gasteiger partial charge in [-0.05, 0) is 62.1 Å². The standard InChI is InChI=1S/C31H35N7O3/c1-22-6-2-3-7-27(22)36-16-18-37(19-17-36)28-11-10-24(29(39)32-12-4-14-38-15-5-13-33-38)20-25(28)34-30(40)26-21-41-31(35-26)23-8-9-23/h2-3,5-7,10-11,13,15,20-21,23H,4,8-9,12,14,16-19H2,1H3,(H,32,39)(H,34,40). The Morgan fingerprint density at radius 2 is 1.76 bits per heavy atom. The van der Waals surface area contributed by atoms with Gasteiger partial charge in [0.2, 0.25) is 0 Å². The third-order valence-corrected chi connectivity index (χ3v) is 7.67. The highest BCUT2D eigenvalue weighted by atomic mass is 16.3. The number of rotatable bonds is 10. The SMILES string of the molecule is Cc1ccccc1N1CCN(c2ccc(C(=O)NCCCn3cccn3)cc2NC(=O)c2coc(C3CC3)n2)CC1. The van der Waals surface area contributed by atoms with Crippen LogP contribution in [-0.2, 0) is 6.54 Å². The Labute approximate surface area is 239 Å². The molecule has 2 fully saturated rings. The number of nitrogens with one attached hydrogen (secondary N) is 2. The van der Waals surface area contributed by atoms with Gasteiger partial charge >= 0.3 is 0 Å². The van der Waals surface area contributed by atoms with Gasteiger partial charge in [0.05, 0.1) is 11.4 Å². The van der Waals surface area contributed by atoms with Crippen molar-refractivity contribution in [2.24, 2.45) is 0 Å². The normalized spacial score (nSPS) is 15.1. The van der Waals surface area contributed by atoms with Crippen LogP contribution in [0.25, 0.3) is 0 Å². The fourth-order valence-corrected chi connectivity index (χ4v) is 5.23. The molecule has 2 aromatic heterocycles. The number of benzene rings is 2. The smallest absolute Gasteiger partial charge is 0.277 e. The van der Waals surface area contributed by atoms with Gasteiger partial charge in [0.25, 0.3) is 11.8 Å². The number of nitrogens with zero attached hydrogens (tertiary/aromatic N) is 5. The maximum atomic E-state index is 13.2. The number of para-hydroxylation sites is 1. The zero-order chi connectivity index (χ0) is 28.2. The second-order valence-corrected chi connectivity index (χ2v) is 10.7. The van der Waals surface area contributed by atoms with Gasteiger partial charge in [0.15, 0.2) is 11.6 Å². The summed E-state index contributed by atoms with van der Waals surface area (Å²) in [6, 6.07) is 15.8. The van der Waals surface area contributed by atoms with E-state index in [1.807, 2.05) is 29.1 Å². The molecule has 2 amide bonds. The minimum absolute atomic E-state index is 0.186. The Morgan fingerprint density at radius 1 is 0.976 bits per heavy atom. The van der Waals surface area contributed by atoms with E-state index in [1.54, 1.807) is 12.3 Å². The Morgan fingerprint density at radius 3 is 2.49 bits per heavy atom. The summed E-state index contributed by atoms with van der Waals surface area (Å²) in [5.41, 5.74) is 4.70. The molecule has 10 heteroatoms. The van der Waals surface area contributed by atoms with Gasteiger partial charge in [-0.2, -0.15) is 5.10 Å². The minimum atomic E-state index is -0.350. The lowest BCUT2D eigenvalue weighted by Gasteiger charge is -2.38. The highest BCUT2D eigenvalue weighted by molar-refractivity contribution is 6.06. The van der Waals surface area contributed by atoms with Crippen LogP contribution in [0.2, 0.25) is 0 Å². The van der Waals surface area contributed by atoms with Crippen LogP contribution in [0, 0.1) is 6.92 Å². The van der Waals surface area contributed by atoms with Gasteiger partial charge in [0.1, 0.15) is 6.26 Å². The summed E-state index contributed by atoms with van der Waals surface area (Å²) in [4.78, 5) is 35.3. The van der Waals surface area contributed by atoms with Crippen molar-refractivity contribution < 1.29 is 14.0 Å². The average molecular weight is 554 g/mol. The molecule has 212 valence electrons. The zero-order valence-electron chi connectivity index (χ0n) is 23.3. The van der Waals surface area contributed by atoms with Crippen molar-refractivity contribution >= 4 is 28.9 Å². The van der Waals surface area contributed by atoms with E-state index in [4.69, 9.17) is 4.42 Å². The molecule has 4 aromatic rings. The van der Waals surface area contributed by atoms with Crippen LogP contribution in [0.5, 0.6) is 0 Å². The molecule has 1 aliphatic heterocycles. The number of anilines is 3. The molecule has 1 aliphatic carbocycles. The predicted molar refractivity (Wildman–Crippen MR) is 158 cm³/mol. The summed E-state index contributed by atoms with van der Waals surface area (Å²) in [7, 11) is 0. The molecule has 0 bridgehead atoms. The molecule has 3 heterocycles. The number of aryl methyl sites for hydroxylation is 2. The second-order valence-electron chi connectivity index (χ2n) is 10.7. The quantitative estimate of drug-likeness (QED) is 0.279. The summed E-state index contributed by atoms with van der Waals surface area (Å²) >= 11 is 0. The van der Waals surface area contributed by atoms with Gasteiger partial charge in [0, 0.05) is 68.8 Å². The first-order chi connectivity index (χ1) is 20.0. The molecular weight excluding hydrogens is 518 g/mol. The Bertz CT molecular complexity index is 1500. The molecule has 0 unspecified atom stereocenters. The number of piperazine rings is 1. The van der Waals surface area contributed by atoms with Crippen LogP contribution in [0.15, 0.2) is 71.6 Å². The van der Waals surface area contributed by atoms with Crippen molar-refractivity contribution in [3.8, 4) is 0 Å². The van der Waals surface area contributed by atoms with E-state index in [0.717, 1.165) is 57.7 Å². The molecule has 10 nitrogen and oxygen atoms in total. The lowest BCUT2D eigenvalue weighted by molar-refractivity contribution is 0.0951. The number of hydrogen-bond acceptors (Lipinski definition) is 7. The van der Waals surface area contributed by atoms with Crippen molar-refractivity contribution in [2.45, 2.75) is 38.6 Å². The largest absolute Gasteiger partial charge is 0.448 e.